The molecule has 3 aromatic heterocycles. The van der Waals surface area contributed by atoms with E-state index >= 15 is 0 Å². The molecule has 0 unspecified atom stereocenters. The lowest BCUT2D eigenvalue weighted by atomic mass is 10.3. The van der Waals surface area contributed by atoms with E-state index in [0.717, 1.165) is 11.0 Å². The molecule has 1 amide bonds. The Kier molecular flexibility index (Phi) is 4.39. The lowest BCUT2D eigenvalue weighted by Gasteiger charge is -2.09. The highest BCUT2D eigenvalue weighted by Gasteiger charge is 2.17. The fourth-order valence-electron chi connectivity index (χ4n) is 2.64. The molecular weight excluding hydrogens is 418 g/mol. The third-order valence-corrected chi connectivity index (χ3v) is 4.81. The number of benzene rings is 1. The molecule has 26 heavy (non-hydrogen) atoms. The Labute approximate surface area is 159 Å². The predicted octanol–water partition coefficient (Wildman–Crippen LogP) is 3.25. The fourth-order valence-corrected chi connectivity index (χ4v) is 3.48. The number of anilines is 1. The van der Waals surface area contributed by atoms with Gasteiger partial charge in [-0.25, -0.2) is 9.97 Å². The van der Waals surface area contributed by atoms with Crippen molar-refractivity contribution in [3.8, 4) is 11.5 Å². The highest BCUT2D eigenvalue weighted by molar-refractivity contribution is 9.10. The van der Waals surface area contributed by atoms with Crippen molar-refractivity contribution in [3.63, 3.8) is 0 Å². The first-order valence-electron chi connectivity index (χ1n) is 7.64. The molecule has 0 atom stereocenters. The van der Waals surface area contributed by atoms with Crippen LogP contribution in [0.25, 0.3) is 22.6 Å². The van der Waals surface area contributed by atoms with Crippen molar-refractivity contribution >= 4 is 49.9 Å². The van der Waals surface area contributed by atoms with Gasteiger partial charge in [0, 0.05) is 5.38 Å². The van der Waals surface area contributed by atoms with Gasteiger partial charge in [0.05, 0.1) is 21.1 Å². The molecule has 0 spiro atoms. The Morgan fingerprint density at radius 2 is 2.12 bits per heavy atom. The second kappa shape index (κ2) is 6.85. The number of fused-ring (bicyclic) bond motifs is 1. The average molecular weight is 430 g/mol. The van der Waals surface area contributed by atoms with E-state index < -0.39 is 0 Å². The quantitative estimate of drug-likeness (QED) is 0.487. The minimum atomic E-state index is -0.372. The number of nitrogens with one attached hydrogen (secondary N) is 2. The highest BCUT2D eigenvalue weighted by Crippen LogP contribution is 2.24. The van der Waals surface area contributed by atoms with E-state index in [1.807, 2.05) is 29.6 Å². The number of pyridine rings is 1. The third kappa shape index (κ3) is 3.18. The molecule has 0 radical (unpaired) electrons. The Morgan fingerprint density at radius 3 is 2.88 bits per heavy atom. The van der Waals surface area contributed by atoms with Crippen LogP contribution in [-0.4, -0.2) is 25.4 Å². The van der Waals surface area contributed by atoms with Gasteiger partial charge in [0.25, 0.3) is 5.56 Å². The molecule has 0 bridgehead atoms. The van der Waals surface area contributed by atoms with Crippen LogP contribution in [0.5, 0.6) is 0 Å². The molecule has 3 heterocycles. The number of nitrogens with zero attached hydrogens (tertiary/aromatic N) is 3. The van der Waals surface area contributed by atoms with Gasteiger partial charge in [-0.15, -0.1) is 11.3 Å². The summed E-state index contributed by atoms with van der Waals surface area (Å²) in [4.78, 5) is 35.9. The summed E-state index contributed by atoms with van der Waals surface area (Å²) in [6.45, 7) is 0.0167. The standard InChI is InChI=1S/C17H12BrN5O2S/c18-14-6-5-11(17(25)22-14)20-15(24)7-23-13-4-2-1-3-10(13)21-16(23)12-8-26-9-19-12/h1-6,8-9H,7H2,(H,20,24)(H,22,25). The van der Waals surface area contributed by atoms with Gasteiger partial charge in [-0.1, -0.05) is 12.1 Å². The van der Waals surface area contributed by atoms with Crippen LogP contribution >= 0.6 is 27.3 Å². The van der Waals surface area contributed by atoms with E-state index in [2.05, 4.69) is 36.2 Å². The number of thiazole rings is 1. The number of aromatic nitrogens is 4. The van der Waals surface area contributed by atoms with Gasteiger partial charge < -0.3 is 14.9 Å². The first kappa shape index (κ1) is 16.7. The third-order valence-electron chi connectivity index (χ3n) is 3.77. The van der Waals surface area contributed by atoms with E-state index in [1.165, 1.54) is 11.3 Å². The van der Waals surface area contributed by atoms with Crippen molar-refractivity contribution in [2.75, 3.05) is 5.32 Å². The van der Waals surface area contributed by atoms with Gasteiger partial charge in [-0.3, -0.25) is 9.59 Å². The summed E-state index contributed by atoms with van der Waals surface area (Å²) in [7, 11) is 0. The first-order chi connectivity index (χ1) is 12.6. The molecule has 0 saturated carbocycles. The number of hydrogen-bond acceptors (Lipinski definition) is 5. The fraction of sp³-hybridized carbons (Fsp3) is 0.0588. The number of amides is 1. The Bertz CT molecular complexity index is 1150. The highest BCUT2D eigenvalue weighted by atomic mass is 79.9. The Hall–Kier alpha value is -2.78. The number of imidazole rings is 1. The smallest absolute Gasteiger partial charge is 0.272 e. The average Bonchev–Trinajstić information content (AvgIpc) is 3.26. The van der Waals surface area contributed by atoms with Crippen molar-refractivity contribution in [1.82, 2.24) is 19.5 Å². The lowest BCUT2D eigenvalue weighted by molar-refractivity contribution is -0.116. The van der Waals surface area contributed by atoms with Gasteiger partial charge in [0.15, 0.2) is 5.82 Å². The molecule has 0 aliphatic rings. The number of aromatic amines is 1. The number of rotatable bonds is 4. The summed E-state index contributed by atoms with van der Waals surface area (Å²) < 4.78 is 2.35. The van der Waals surface area contributed by atoms with E-state index in [0.29, 0.717) is 16.1 Å². The van der Waals surface area contributed by atoms with Crippen molar-refractivity contribution < 1.29 is 4.79 Å². The summed E-state index contributed by atoms with van der Waals surface area (Å²) in [6.07, 6.45) is 0. The van der Waals surface area contributed by atoms with E-state index in [-0.39, 0.29) is 23.7 Å². The SMILES string of the molecule is O=C(Cn1c(-c2cscn2)nc2ccccc21)Nc1ccc(Br)[nH]c1=O. The Morgan fingerprint density at radius 1 is 1.27 bits per heavy atom. The molecule has 4 aromatic rings. The maximum absolute atomic E-state index is 12.5. The maximum atomic E-state index is 12.5. The molecule has 7 nitrogen and oxygen atoms in total. The molecule has 130 valence electrons. The number of H-pyrrole nitrogens is 1. The van der Waals surface area contributed by atoms with Crippen LogP contribution in [0.15, 0.2) is 56.7 Å². The van der Waals surface area contributed by atoms with Crippen molar-refractivity contribution in [2.45, 2.75) is 6.54 Å². The molecule has 0 saturated heterocycles. The normalized spacial score (nSPS) is 11.0. The zero-order valence-corrected chi connectivity index (χ0v) is 15.7. The molecule has 2 N–H and O–H groups in total. The molecule has 4 rings (SSSR count). The monoisotopic (exact) mass is 429 g/mol. The van der Waals surface area contributed by atoms with Crippen LogP contribution < -0.4 is 10.9 Å². The van der Waals surface area contributed by atoms with Crippen LogP contribution in [0.3, 0.4) is 0 Å². The number of para-hydroxylation sites is 2. The maximum Gasteiger partial charge on any atom is 0.272 e. The molecule has 0 aliphatic heterocycles. The summed E-state index contributed by atoms with van der Waals surface area (Å²) in [6, 6.07) is 10.8. The van der Waals surface area contributed by atoms with E-state index in [9.17, 15) is 9.59 Å². The molecule has 9 heteroatoms. The molecular formula is C17H12BrN5O2S. The number of hydrogen-bond donors (Lipinski definition) is 2. The predicted molar refractivity (Wildman–Crippen MR) is 104 cm³/mol. The second-order valence-electron chi connectivity index (χ2n) is 5.48. The van der Waals surface area contributed by atoms with Gasteiger partial charge in [0.1, 0.15) is 17.9 Å². The van der Waals surface area contributed by atoms with Crippen LogP contribution in [0.1, 0.15) is 0 Å². The van der Waals surface area contributed by atoms with Crippen LogP contribution in [0, 0.1) is 0 Å². The van der Waals surface area contributed by atoms with Crippen LogP contribution in [-0.2, 0) is 11.3 Å². The minimum absolute atomic E-state index is 0.0167. The second-order valence-corrected chi connectivity index (χ2v) is 7.05. The molecule has 1 aromatic carbocycles. The molecule has 0 fully saturated rings. The summed E-state index contributed by atoms with van der Waals surface area (Å²) in [5.41, 5.74) is 3.86. The van der Waals surface area contributed by atoms with Crippen molar-refractivity contribution in [3.05, 3.63) is 62.2 Å². The number of carbonyl (C=O) groups excluding carboxylic acids is 1. The lowest BCUT2D eigenvalue weighted by Crippen LogP contribution is -2.23. The summed E-state index contributed by atoms with van der Waals surface area (Å²) in [5.74, 6) is 0.296. The minimum Gasteiger partial charge on any atom is -0.320 e. The van der Waals surface area contributed by atoms with E-state index in [1.54, 1.807) is 22.2 Å². The van der Waals surface area contributed by atoms with Gasteiger partial charge >= 0.3 is 0 Å². The summed E-state index contributed by atoms with van der Waals surface area (Å²) >= 11 is 4.65. The van der Waals surface area contributed by atoms with Gasteiger partial charge in [-0.2, -0.15) is 0 Å². The number of halogens is 1. The van der Waals surface area contributed by atoms with Crippen LogP contribution in [0.4, 0.5) is 5.69 Å². The first-order valence-corrected chi connectivity index (χ1v) is 9.38. The van der Waals surface area contributed by atoms with Crippen molar-refractivity contribution in [1.29, 1.82) is 0 Å². The zero-order valence-electron chi connectivity index (χ0n) is 13.3. The van der Waals surface area contributed by atoms with Crippen LogP contribution in [0.2, 0.25) is 0 Å². The summed E-state index contributed by atoms with van der Waals surface area (Å²) in [5, 5.41) is 4.53. The largest absolute Gasteiger partial charge is 0.320 e. The van der Waals surface area contributed by atoms with Gasteiger partial charge in [-0.05, 0) is 40.2 Å². The van der Waals surface area contributed by atoms with E-state index in [4.69, 9.17) is 0 Å². The van der Waals surface area contributed by atoms with Crippen molar-refractivity contribution in [2.24, 2.45) is 0 Å². The number of carbonyl (C=O) groups is 1. The topological polar surface area (TPSA) is 92.7 Å². The van der Waals surface area contributed by atoms with Gasteiger partial charge in [0.2, 0.25) is 5.91 Å². The Balaban J connectivity index is 1.69. The zero-order chi connectivity index (χ0) is 18.1. The molecule has 0 aliphatic carbocycles.